The van der Waals surface area contributed by atoms with Crippen molar-refractivity contribution >= 4 is 5.78 Å². The van der Waals surface area contributed by atoms with Crippen molar-refractivity contribution in [2.24, 2.45) is 5.92 Å². The minimum Gasteiger partial charge on any atom is -0.381 e. The van der Waals surface area contributed by atoms with Gasteiger partial charge in [-0.3, -0.25) is 9.69 Å². The molecule has 0 amide bonds. The number of rotatable bonds is 6. The molecule has 1 aliphatic rings. The van der Waals surface area contributed by atoms with Gasteiger partial charge in [0.05, 0.1) is 19.0 Å². The molecule has 0 aromatic carbocycles. The summed E-state index contributed by atoms with van der Waals surface area (Å²) in [5.74, 6) is 0.749. The molecule has 90 valence electrons. The smallest absolute Gasteiger partial charge is 0.160 e. The van der Waals surface area contributed by atoms with Crippen LogP contribution >= 0.6 is 0 Å². The number of Topliss-reactive ketones (excluding diaryl/α,β-unsaturated/α-hetero) is 1. The highest BCUT2D eigenvalue weighted by Gasteiger charge is 2.14. The Morgan fingerprint density at radius 1 is 1.50 bits per heavy atom. The van der Waals surface area contributed by atoms with Gasteiger partial charge < -0.3 is 4.74 Å². The molecule has 0 bridgehead atoms. The first kappa shape index (κ1) is 13.1. The number of nitrogens with zero attached hydrogens (tertiary/aromatic N) is 2. The maximum absolute atomic E-state index is 11.2. The molecular weight excluding hydrogens is 204 g/mol. The molecule has 0 N–H and O–H groups in total. The van der Waals surface area contributed by atoms with Gasteiger partial charge in [-0.2, -0.15) is 5.26 Å². The predicted molar refractivity (Wildman–Crippen MR) is 60.9 cm³/mol. The fourth-order valence-corrected chi connectivity index (χ4v) is 1.96. The molecule has 1 saturated heterocycles. The molecule has 0 unspecified atom stereocenters. The van der Waals surface area contributed by atoms with Crippen LogP contribution in [0.5, 0.6) is 0 Å². The lowest BCUT2D eigenvalue weighted by Crippen LogP contribution is -2.29. The molecular formula is C12H20N2O2. The summed E-state index contributed by atoms with van der Waals surface area (Å²) in [6.07, 6.45) is 3.43. The zero-order chi connectivity index (χ0) is 11.8. The third-order valence-corrected chi connectivity index (χ3v) is 2.98. The first-order valence-electron chi connectivity index (χ1n) is 5.87. The van der Waals surface area contributed by atoms with Gasteiger partial charge >= 0.3 is 0 Å². The van der Waals surface area contributed by atoms with Gasteiger partial charge in [-0.15, -0.1) is 0 Å². The first-order valence-corrected chi connectivity index (χ1v) is 5.87. The maximum atomic E-state index is 11.2. The van der Waals surface area contributed by atoms with Gasteiger partial charge in [-0.1, -0.05) is 0 Å². The molecule has 16 heavy (non-hydrogen) atoms. The van der Waals surface area contributed by atoms with Crippen molar-refractivity contribution in [1.82, 2.24) is 4.90 Å². The van der Waals surface area contributed by atoms with Crippen molar-refractivity contribution in [3.05, 3.63) is 0 Å². The second-order valence-electron chi connectivity index (χ2n) is 4.46. The third kappa shape index (κ3) is 5.24. The van der Waals surface area contributed by atoms with E-state index >= 15 is 0 Å². The number of ketones is 1. The summed E-state index contributed by atoms with van der Waals surface area (Å²) in [5, 5.41) is 8.38. The first-order chi connectivity index (χ1) is 7.72. The summed E-state index contributed by atoms with van der Waals surface area (Å²) < 4.78 is 5.30. The second-order valence-corrected chi connectivity index (χ2v) is 4.46. The number of likely N-dealkylation sites (N-methyl/N-ethyl adjacent to an activating group) is 1. The van der Waals surface area contributed by atoms with Crippen LogP contribution in [0.2, 0.25) is 0 Å². The standard InChI is InChI=1S/C12H20N2O2/c1-14(10-12(15)2-6-13)7-3-11-4-8-16-9-5-11/h11H,2-5,7-10H2,1H3. The third-order valence-electron chi connectivity index (χ3n) is 2.98. The molecule has 1 rings (SSSR count). The van der Waals surface area contributed by atoms with E-state index in [2.05, 4.69) is 0 Å². The molecule has 0 spiro atoms. The van der Waals surface area contributed by atoms with E-state index in [0.29, 0.717) is 6.54 Å². The van der Waals surface area contributed by atoms with Gasteiger partial charge in [0.15, 0.2) is 5.78 Å². The minimum absolute atomic E-state index is 0.0111. The van der Waals surface area contributed by atoms with E-state index in [-0.39, 0.29) is 12.2 Å². The molecule has 4 heteroatoms. The number of hydrogen-bond acceptors (Lipinski definition) is 4. The summed E-state index contributed by atoms with van der Waals surface area (Å²) in [5.41, 5.74) is 0. The van der Waals surface area contributed by atoms with E-state index in [1.165, 1.54) is 0 Å². The van der Waals surface area contributed by atoms with Crippen LogP contribution < -0.4 is 0 Å². The molecule has 4 nitrogen and oxygen atoms in total. The van der Waals surface area contributed by atoms with Gasteiger partial charge in [0.25, 0.3) is 0 Å². The van der Waals surface area contributed by atoms with E-state index in [4.69, 9.17) is 10.00 Å². The van der Waals surface area contributed by atoms with Crippen LogP contribution in [-0.4, -0.2) is 44.0 Å². The van der Waals surface area contributed by atoms with Crippen LogP contribution in [0, 0.1) is 17.2 Å². The van der Waals surface area contributed by atoms with Crippen LogP contribution in [0.3, 0.4) is 0 Å². The van der Waals surface area contributed by atoms with E-state index < -0.39 is 0 Å². The summed E-state index contributed by atoms with van der Waals surface area (Å²) in [6, 6.07) is 1.89. The number of hydrogen-bond donors (Lipinski definition) is 0. The lowest BCUT2D eigenvalue weighted by Gasteiger charge is -2.24. The second kappa shape index (κ2) is 7.37. The van der Waals surface area contributed by atoms with E-state index in [9.17, 15) is 4.79 Å². The van der Waals surface area contributed by atoms with Crippen LogP contribution in [0.15, 0.2) is 0 Å². The highest BCUT2D eigenvalue weighted by atomic mass is 16.5. The van der Waals surface area contributed by atoms with E-state index in [1.54, 1.807) is 0 Å². The van der Waals surface area contributed by atoms with Gasteiger partial charge in [-0.25, -0.2) is 0 Å². The average molecular weight is 224 g/mol. The van der Waals surface area contributed by atoms with Gasteiger partial charge in [0.2, 0.25) is 0 Å². The fourth-order valence-electron chi connectivity index (χ4n) is 1.96. The monoisotopic (exact) mass is 224 g/mol. The molecule has 1 aliphatic heterocycles. The topological polar surface area (TPSA) is 53.3 Å². The number of carbonyl (C=O) groups is 1. The van der Waals surface area contributed by atoms with Gasteiger partial charge in [-0.05, 0) is 38.8 Å². The normalized spacial score (nSPS) is 17.3. The van der Waals surface area contributed by atoms with Crippen LogP contribution in [0.25, 0.3) is 0 Å². The van der Waals surface area contributed by atoms with Crippen molar-refractivity contribution < 1.29 is 9.53 Å². The van der Waals surface area contributed by atoms with E-state index in [1.807, 2.05) is 18.0 Å². The van der Waals surface area contributed by atoms with Crippen molar-refractivity contribution in [1.29, 1.82) is 5.26 Å². The van der Waals surface area contributed by atoms with Crippen molar-refractivity contribution in [3.63, 3.8) is 0 Å². The Kier molecular flexibility index (Phi) is 6.05. The Labute approximate surface area is 97.2 Å². The number of nitriles is 1. The predicted octanol–water partition coefficient (Wildman–Crippen LogP) is 1.22. The van der Waals surface area contributed by atoms with E-state index in [0.717, 1.165) is 44.9 Å². The zero-order valence-electron chi connectivity index (χ0n) is 9.95. The average Bonchev–Trinajstić information content (AvgIpc) is 2.28. The molecule has 0 aromatic heterocycles. The fraction of sp³-hybridized carbons (Fsp3) is 0.833. The SMILES string of the molecule is CN(CCC1CCOCC1)CC(=O)CC#N. The Morgan fingerprint density at radius 2 is 2.19 bits per heavy atom. The molecule has 1 heterocycles. The van der Waals surface area contributed by atoms with Crippen molar-refractivity contribution in [3.8, 4) is 6.07 Å². The van der Waals surface area contributed by atoms with Gasteiger partial charge in [0, 0.05) is 13.2 Å². The molecule has 0 radical (unpaired) electrons. The van der Waals surface area contributed by atoms with Crippen molar-refractivity contribution in [2.45, 2.75) is 25.7 Å². The molecule has 0 saturated carbocycles. The summed E-state index contributed by atoms with van der Waals surface area (Å²) >= 11 is 0. The highest BCUT2D eigenvalue weighted by molar-refractivity contribution is 5.82. The highest BCUT2D eigenvalue weighted by Crippen LogP contribution is 2.18. The maximum Gasteiger partial charge on any atom is 0.160 e. The quantitative estimate of drug-likeness (QED) is 0.680. The zero-order valence-corrected chi connectivity index (χ0v) is 9.95. The van der Waals surface area contributed by atoms with Gasteiger partial charge in [0.1, 0.15) is 0 Å². The molecule has 0 atom stereocenters. The van der Waals surface area contributed by atoms with Crippen LogP contribution in [0.4, 0.5) is 0 Å². The molecule has 0 aliphatic carbocycles. The Bertz CT molecular complexity index is 254. The minimum atomic E-state index is 0.0111. The number of carbonyl (C=O) groups excluding carboxylic acids is 1. The summed E-state index contributed by atoms with van der Waals surface area (Å²) in [7, 11) is 1.94. The number of ether oxygens (including phenoxy) is 1. The van der Waals surface area contributed by atoms with Crippen molar-refractivity contribution in [2.75, 3.05) is 33.4 Å². The van der Waals surface area contributed by atoms with Crippen LogP contribution in [-0.2, 0) is 9.53 Å². The lowest BCUT2D eigenvalue weighted by molar-refractivity contribution is -0.119. The summed E-state index contributed by atoms with van der Waals surface area (Å²) in [4.78, 5) is 13.2. The van der Waals surface area contributed by atoms with Crippen LogP contribution in [0.1, 0.15) is 25.7 Å². The largest absolute Gasteiger partial charge is 0.381 e. The molecule has 0 aromatic rings. The molecule has 1 fully saturated rings. The Morgan fingerprint density at radius 3 is 2.81 bits per heavy atom. The summed E-state index contributed by atoms with van der Waals surface area (Å²) in [6.45, 7) is 3.09. The Balaban J connectivity index is 2.11. The Hall–Kier alpha value is -0.920. The lowest BCUT2D eigenvalue weighted by atomic mass is 9.96.